The summed E-state index contributed by atoms with van der Waals surface area (Å²) in [5, 5.41) is 0.889. The number of hydrogen-bond donors (Lipinski definition) is 0. The molecule has 0 aliphatic carbocycles. The number of fused-ring (bicyclic) bond motifs is 5. The lowest BCUT2D eigenvalue weighted by atomic mass is 9.85. The topological polar surface area (TPSA) is 103 Å². The molecule has 1 atom stereocenters. The van der Waals surface area contributed by atoms with E-state index in [9.17, 15) is 18.8 Å². The number of ether oxygens (including phenoxy) is 2. The van der Waals surface area contributed by atoms with Crippen molar-refractivity contribution in [3.05, 3.63) is 87.0 Å². The third-order valence-corrected chi connectivity index (χ3v) is 8.13. The number of aromatic nitrogens is 2. The van der Waals surface area contributed by atoms with Crippen LogP contribution in [0.5, 0.6) is 0 Å². The first-order valence-electron chi connectivity index (χ1n) is 13.5. The van der Waals surface area contributed by atoms with Gasteiger partial charge >= 0.3 is 11.9 Å². The summed E-state index contributed by atoms with van der Waals surface area (Å²) in [6, 6.07) is 13.9. The van der Waals surface area contributed by atoms with E-state index in [4.69, 9.17) is 14.5 Å². The highest BCUT2D eigenvalue weighted by atomic mass is 19.1. The predicted molar refractivity (Wildman–Crippen MR) is 150 cm³/mol. The quantitative estimate of drug-likeness (QED) is 0.296. The van der Waals surface area contributed by atoms with Crippen molar-refractivity contribution in [2.24, 2.45) is 4.99 Å². The molecule has 0 amide bonds. The van der Waals surface area contributed by atoms with Crippen molar-refractivity contribution < 1.29 is 23.5 Å². The van der Waals surface area contributed by atoms with E-state index in [-0.39, 0.29) is 36.5 Å². The summed E-state index contributed by atoms with van der Waals surface area (Å²) in [7, 11) is 0. The minimum atomic E-state index is -1.71. The molecule has 2 aromatic carbocycles. The van der Waals surface area contributed by atoms with Crippen molar-refractivity contribution in [1.82, 2.24) is 9.55 Å². The number of carbonyl (C=O) groups is 2. The van der Waals surface area contributed by atoms with Crippen LogP contribution in [0, 0.1) is 5.82 Å². The molecule has 0 unspecified atom stereocenters. The molecular weight excluding hydrogens is 527 g/mol. The first-order chi connectivity index (χ1) is 19.8. The molecule has 3 aliphatic rings. The summed E-state index contributed by atoms with van der Waals surface area (Å²) in [5.74, 6) is -1.62. The monoisotopic (exact) mass is 552 g/mol. The molecule has 0 saturated heterocycles. The van der Waals surface area contributed by atoms with Crippen LogP contribution in [-0.2, 0) is 44.2 Å². The molecule has 9 nitrogen and oxygen atoms in total. The van der Waals surface area contributed by atoms with E-state index in [2.05, 4.69) is 9.89 Å². The lowest BCUT2D eigenvalue weighted by molar-refractivity contribution is -0.188. The van der Waals surface area contributed by atoms with E-state index in [1.807, 2.05) is 18.2 Å². The molecule has 4 aromatic rings. The molecule has 0 spiro atoms. The van der Waals surface area contributed by atoms with Gasteiger partial charge in [0.25, 0.3) is 5.56 Å². The number of pyridine rings is 2. The number of anilines is 1. The Labute approximate surface area is 233 Å². The first kappa shape index (κ1) is 25.1. The second kappa shape index (κ2) is 9.09. The maximum absolute atomic E-state index is 13.9. The van der Waals surface area contributed by atoms with Crippen LogP contribution in [-0.4, -0.2) is 34.4 Å². The molecular formula is C31H25FN4O5. The van der Waals surface area contributed by atoms with Gasteiger partial charge in [-0.25, -0.2) is 19.2 Å². The number of esters is 2. The average Bonchev–Trinajstić information content (AvgIpc) is 3.34. The molecule has 0 saturated carbocycles. The minimum absolute atomic E-state index is 0.113. The second-order valence-corrected chi connectivity index (χ2v) is 10.4. The lowest BCUT2D eigenvalue weighted by Crippen LogP contribution is -2.47. The van der Waals surface area contributed by atoms with Gasteiger partial charge in [0, 0.05) is 24.6 Å². The van der Waals surface area contributed by atoms with Crippen molar-refractivity contribution in [2.45, 2.75) is 45.4 Å². The van der Waals surface area contributed by atoms with Crippen LogP contribution in [0.4, 0.5) is 15.8 Å². The van der Waals surface area contributed by atoms with Crippen LogP contribution < -0.4 is 10.5 Å². The van der Waals surface area contributed by atoms with Crippen LogP contribution in [0.25, 0.3) is 22.3 Å². The van der Waals surface area contributed by atoms with Gasteiger partial charge in [-0.3, -0.25) is 9.59 Å². The average molecular weight is 553 g/mol. The normalized spacial score (nSPS) is 18.1. The lowest BCUT2D eigenvalue weighted by Gasteiger charge is -2.35. The van der Waals surface area contributed by atoms with E-state index in [1.54, 1.807) is 36.0 Å². The van der Waals surface area contributed by atoms with Gasteiger partial charge in [0.2, 0.25) is 5.60 Å². The Morgan fingerprint density at radius 3 is 2.71 bits per heavy atom. The van der Waals surface area contributed by atoms with Gasteiger partial charge in [-0.05, 0) is 48.7 Å². The number of halogens is 1. The third kappa shape index (κ3) is 3.70. The van der Waals surface area contributed by atoms with Gasteiger partial charge in [0.15, 0.2) is 0 Å². The van der Waals surface area contributed by atoms with E-state index in [0.29, 0.717) is 29.9 Å². The number of nitrogens with zero attached hydrogens (tertiary/aromatic N) is 4. The van der Waals surface area contributed by atoms with E-state index < -0.39 is 17.5 Å². The van der Waals surface area contributed by atoms with Gasteiger partial charge in [0.05, 0.1) is 52.1 Å². The fourth-order valence-electron chi connectivity index (χ4n) is 6.17. The Bertz CT molecular complexity index is 1880. The van der Waals surface area contributed by atoms with Crippen LogP contribution in [0.2, 0.25) is 0 Å². The fraction of sp³-hybridized carbons (Fsp3) is 0.258. The summed E-state index contributed by atoms with van der Waals surface area (Å²) >= 11 is 0. The Morgan fingerprint density at radius 2 is 1.95 bits per heavy atom. The summed E-state index contributed by atoms with van der Waals surface area (Å²) < 4.78 is 26.0. The van der Waals surface area contributed by atoms with Gasteiger partial charge in [0.1, 0.15) is 12.4 Å². The zero-order chi connectivity index (χ0) is 28.5. The van der Waals surface area contributed by atoms with Crippen molar-refractivity contribution in [3.63, 3.8) is 0 Å². The summed E-state index contributed by atoms with van der Waals surface area (Å²) in [5.41, 5.74) is 4.05. The first-order valence-corrected chi connectivity index (χ1v) is 13.5. The number of aliphatic imine (C=N–C) groups is 1. The Morgan fingerprint density at radius 1 is 1.15 bits per heavy atom. The molecule has 3 aliphatic heterocycles. The second-order valence-electron chi connectivity index (χ2n) is 10.4. The van der Waals surface area contributed by atoms with E-state index >= 15 is 0 Å². The zero-order valence-corrected chi connectivity index (χ0v) is 22.4. The van der Waals surface area contributed by atoms with Crippen LogP contribution >= 0.6 is 0 Å². The molecule has 5 heterocycles. The molecule has 10 heteroatoms. The van der Waals surface area contributed by atoms with Gasteiger partial charge in [-0.15, -0.1) is 0 Å². The van der Waals surface area contributed by atoms with Crippen molar-refractivity contribution in [3.8, 4) is 11.4 Å². The highest BCUT2D eigenvalue weighted by molar-refractivity contribution is 6.11. The molecule has 7 rings (SSSR count). The van der Waals surface area contributed by atoms with Crippen molar-refractivity contribution in [2.75, 3.05) is 11.4 Å². The van der Waals surface area contributed by atoms with Crippen LogP contribution in [0.3, 0.4) is 0 Å². The summed E-state index contributed by atoms with van der Waals surface area (Å²) in [6.45, 7) is 3.59. The summed E-state index contributed by atoms with van der Waals surface area (Å²) in [6.07, 6.45) is 2.55. The molecule has 0 N–H and O–H groups in total. The van der Waals surface area contributed by atoms with Gasteiger partial charge < -0.3 is 18.9 Å². The predicted octanol–water partition coefficient (Wildman–Crippen LogP) is 4.51. The van der Waals surface area contributed by atoms with E-state index in [0.717, 1.165) is 33.4 Å². The maximum atomic E-state index is 13.9. The largest absolute Gasteiger partial charge is 0.457 e. The van der Waals surface area contributed by atoms with Crippen molar-refractivity contribution >= 4 is 40.6 Å². The molecule has 0 fully saturated rings. The smallest absolute Gasteiger partial charge is 0.355 e. The van der Waals surface area contributed by atoms with Crippen LogP contribution in [0.15, 0.2) is 58.3 Å². The highest BCUT2D eigenvalue weighted by Crippen LogP contribution is 2.47. The molecule has 2 aromatic heterocycles. The Hall–Kier alpha value is -4.86. The molecule has 41 heavy (non-hydrogen) atoms. The van der Waals surface area contributed by atoms with Crippen LogP contribution in [0.1, 0.15) is 42.5 Å². The highest BCUT2D eigenvalue weighted by Gasteiger charge is 2.50. The number of benzene rings is 2. The van der Waals surface area contributed by atoms with Gasteiger partial charge in [-0.2, -0.15) is 0 Å². The third-order valence-electron chi connectivity index (χ3n) is 8.13. The fourth-order valence-corrected chi connectivity index (χ4v) is 6.17. The Kier molecular flexibility index (Phi) is 5.57. The number of rotatable bonds is 5. The molecule has 0 bridgehead atoms. The van der Waals surface area contributed by atoms with E-state index in [1.165, 1.54) is 19.1 Å². The molecule has 0 radical (unpaired) electrons. The zero-order valence-electron chi connectivity index (χ0n) is 22.4. The van der Waals surface area contributed by atoms with Gasteiger partial charge in [-0.1, -0.05) is 25.1 Å². The Balaban J connectivity index is 1.40. The number of carbonyl (C=O) groups excluding carboxylic acids is 2. The standard InChI is InChI=1S/C31H25FN4O5/c1-3-31(41-17(2)37)22-13-25-27-20(14-36(25)29(38)21(22)15-40-30(31)39)28-26-23(5-4-6-24(26)34-27)33-16-35(28)12-11-18-7-9-19(32)10-8-18/h4-10,13,16H,3,11-12,14-15H2,1-2H3/t31-/m0/s1. The minimum Gasteiger partial charge on any atom is -0.457 e. The molecule has 206 valence electrons. The SMILES string of the molecule is CC[C@@]1(OC(C)=O)C(=O)OCc2c1cc1n(c2=O)Cc2c-1nc1cccc3c1c2N(CCc1ccc(F)cc1)C=N3. The number of cyclic esters (lactones) is 1. The number of hydrogen-bond acceptors (Lipinski definition) is 8. The summed E-state index contributed by atoms with van der Waals surface area (Å²) in [4.78, 5) is 50.7. The maximum Gasteiger partial charge on any atom is 0.355 e. The van der Waals surface area contributed by atoms with Crippen molar-refractivity contribution in [1.29, 1.82) is 0 Å².